The first-order valence-electron chi connectivity index (χ1n) is 5.44. The fourth-order valence-electron chi connectivity index (χ4n) is 2.11. The third-order valence-corrected chi connectivity index (χ3v) is 2.86. The van der Waals surface area contributed by atoms with Crippen LogP contribution in [0.2, 0.25) is 0 Å². The molecule has 1 fully saturated rings. The smallest absolute Gasteiger partial charge is 0.0797 e. The van der Waals surface area contributed by atoms with Crippen molar-refractivity contribution in [3.63, 3.8) is 0 Å². The van der Waals surface area contributed by atoms with Crippen LogP contribution in [0, 0.1) is 0 Å². The summed E-state index contributed by atoms with van der Waals surface area (Å²) < 4.78 is 5.99. The summed E-state index contributed by atoms with van der Waals surface area (Å²) in [5.41, 5.74) is 0. The summed E-state index contributed by atoms with van der Waals surface area (Å²) in [6.07, 6.45) is 17.2. The largest absolute Gasteiger partial charge is 0.371 e. The number of ether oxygens (including phenoxy) is 1. The first-order chi connectivity index (χ1) is 6.45. The van der Waals surface area contributed by atoms with Crippen molar-refractivity contribution >= 4 is 0 Å². The molecule has 0 bridgehead atoms. The molecular weight excluding hydrogens is 160 g/mol. The van der Waals surface area contributed by atoms with E-state index in [1.54, 1.807) is 0 Å². The van der Waals surface area contributed by atoms with Gasteiger partial charge in [0.15, 0.2) is 0 Å². The van der Waals surface area contributed by atoms with Gasteiger partial charge in [0.2, 0.25) is 0 Å². The molecule has 1 atom stereocenters. The molecule has 0 aliphatic heterocycles. The molecule has 72 valence electrons. The Labute approximate surface area is 80.5 Å². The van der Waals surface area contributed by atoms with E-state index in [0.29, 0.717) is 12.2 Å². The number of hydrogen-bond acceptors (Lipinski definition) is 1. The third kappa shape index (κ3) is 2.70. The predicted molar refractivity (Wildman–Crippen MR) is 54.6 cm³/mol. The minimum Gasteiger partial charge on any atom is -0.371 e. The van der Waals surface area contributed by atoms with Crippen molar-refractivity contribution < 1.29 is 4.74 Å². The molecule has 1 saturated carbocycles. The van der Waals surface area contributed by atoms with E-state index in [0.717, 1.165) is 6.42 Å². The van der Waals surface area contributed by atoms with Gasteiger partial charge in [0.25, 0.3) is 0 Å². The maximum Gasteiger partial charge on any atom is 0.0797 e. The van der Waals surface area contributed by atoms with Crippen LogP contribution in [0.15, 0.2) is 24.3 Å². The lowest BCUT2D eigenvalue weighted by atomic mass is 9.97. The fraction of sp³-hybridized carbons (Fsp3) is 0.667. The van der Waals surface area contributed by atoms with Gasteiger partial charge < -0.3 is 4.74 Å². The van der Waals surface area contributed by atoms with Crippen LogP contribution in [0.4, 0.5) is 0 Å². The molecule has 2 aliphatic carbocycles. The highest BCUT2D eigenvalue weighted by Crippen LogP contribution is 2.23. The normalized spacial score (nSPS) is 29.4. The van der Waals surface area contributed by atoms with Crippen LogP contribution >= 0.6 is 0 Å². The lowest BCUT2D eigenvalue weighted by Crippen LogP contribution is -2.23. The zero-order valence-corrected chi connectivity index (χ0v) is 8.11. The zero-order valence-electron chi connectivity index (χ0n) is 8.11. The van der Waals surface area contributed by atoms with Crippen LogP contribution in [-0.4, -0.2) is 12.2 Å². The Morgan fingerprint density at radius 2 is 1.85 bits per heavy atom. The van der Waals surface area contributed by atoms with E-state index in [9.17, 15) is 0 Å². The second-order valence-corrected chi connectivity index (χ2v) is 3.98. The van der Waals surface area contributed by atoms with Crippen LogP contribution in [0.25, 0.3) is 0 Å². The molecular formula is C12H18O. The molecule has 0 spiro atoms. The molecule has 0 aromatic rings. The van der Waals surface area contributed by atoms with Gasteiger partial charge in [-0.3, -0.25) is 0 Å². The summed E-state index contributed by atoms with van der Waals surface area (Å²) in [5.74, 6) is 0. The summed E-state index contributed by atoms with van der Waals surface area (Å²) in [4.78, 5) is 0. The topological polar surface area (TPSA) is 9.23 Å². The molecule has 13 heavy (non-hydrogen) atoms. The van der Waals surface area contributed by atoms with Gasteiger partial charge in [-0.15, -0.1) is 0 Å². The zero-order chi connectivity index (χ0) is 8.93. The Morgan fingerprint density at radius 3 is 2.54 bits per heavy atom. The minimum absolute atomic E-state index is 0.355. The molecule has 1 nitrogen and oxygen atoms in total. The lowest BCUT2D eigenvalue weighted by Gasteiger charge is -2.26. The number of hydrogen-bond donors (Lipinski definition) is 0. The van der Waals surface area contributed by atoms with Gasteiger partial charge >= 0.3 is 0 Å². The first kappa shape index (κ1) is 9.01. The Hall–Kier alpha value is -0.560. The average molecular weight is 178 g/mol. The molecule has 1 unspecified atom stereocenters. The SMILES string of the molecule is C1=CCC(OC2CCCCC2)C=C1. The van der Waals surface area contributed by atoms with Gasteiger partial charge in [0, 0.05) is 0 Å². The van der Waals surface area contributed by atoms with E-state index in [1.165, 1.54) is 32.1 Å². The van der Waals surface area contributed by atoms with Crippen LogP contribution in [0.5, 0.6) is 0 Å². The van der Waals surface area contributed by atoms with Crippen LogP contribution in [0.1, 0.15) is 38.5 Å². The highest BCUT2D eigenvalue weighted by Gasteiger charge is 2.17. The fourth-order valence-corrected chi connectivity index (χ4v) is 2.11. The van der Waals surface area contributed by atoms with Gasteiger partial charge in [-0.1, -0.05) is 43.6 Å². The van der Waals surface area contributed by atoms with E-state index < -0.39 is 0 Å². The summed E-state index contributed by atoms with van der Waals surface area (Å²) >= 11 is 0. The van der Waals surface area contributed by atoms with Crippen molar-refractivity contribution in [1.82, 2.24) is 0 Å². The van der Waals surface area contributed by atoms with Crippen molar-refractivity contribution in [2.75, 3.05) is 0 Å². The molecule has 1 heteroatoms. The molecule has 0 aromatic heterocycles. The third-order valence-electron chi connectivity index (χ3n) is 2.86. The van der Waals surface area contributed by atoms with E-state index in [4.69, 9.17) is 4.74 Å². The maximum absolute atomic E-state index is 5.99. The Bertz CT molecular complexity index is 199. The second-order valence-electron chi connectivity index (χ2n) is 3.98. The van der Waals surface area contributed by atoms with Gasteiger partial charge in [-0.25, -0.2) is 0 Å². The van der Waals surface area contributed by atoms with Gasteiger partial charge in [-0.05, 0) is 19.3 Å². The van der Waals surface area contributed by atoms with Gasteiger partial charge in [0.05, 0.1) is 12.2 Å². The molecule has 0 N–H and O–H groups in total. The Balaban J connectivity index is 1.76. The minimum atomic E-state index is 0.355. The Morgan fingerprint density at radius 1 is 1.00 bits per heavy atom. The van der Waals surface area contributed by atoms with Crippen LogP contribution < -0.4 is 0 Å². The Kier molecular flexibility index (Phi) is 3.20. The van der Waals surface area contributed by atoms with Crippen molar-refractivity contribution in [2.45, 2.75) is 50.7 Å². The summed E-state index contributed by atoms with van der Waals surface area (Å²) in [6.45, 7) is 0. The molecule has 2 rings (SSSR count). The lowest BCUT2D eigenvalue weighted by molar-refractivity contribution is -0.00595. The molecule has 0 aromatic carbocycles. The standard InChI is InChI=1S/C12H18O/c1-3-7-11(8-4-1)13-12-9-5-2-6-10-12/h1,3-4,7,11-12H,2,5-6,8-10H2. The summed E-state index contributed by atoms with van der Waals surface area (Å²) in [7, 11) is 0. The maximum atomic E-state index is 5.99. The van der Waals surface area contributed by atoms with Crippen LogP contribution in [-0.2, 0) is 4.74 Å². The summed E-state index contributed by atoms with van der Waals surface area (Å²) in [5, 5.41) is 0. The monoisotopic (exact) mass is 178 g/mol. The quantitative estimate of drug-likeness (QED) is 0.631. The van der Waals surface area contributed by atoms with Gasteiger partial charge in [-0.2, -0.15) is 0 Å². The highest BCUT2D eigenvalue weighted by atomic mass is 16.5. The second kappa shape index (κ2) is 4.61. The molecule has 0 radical (unpaired) electrons. The van der Waals surface area contributed by atoms with Crippen molar-refractivity contribution in [1.29, 1.82) is 0 Å². The van der Waals surface area contributed by atoms with Crippen molar-refractivity contribution in [3.05, 3.63) is 24.3 Å². The van der Waals surface area contributed by atoms with E-state index >= 15 is 0 Å². The summed E-state index contributed by atoms with van der Waals surface area (Å²) in [6, 6.07) is 0. The van der Waals surface area contributed by atoms with Crippen molar-refractivity contribution in [2.24, 2.45) is 0 Å². The van der Waals surface area contributed by atoms with Gasteiger partial charge in [0.1, 0.15) is 0 Å². The van der Waals surface area contributed by atoms with E-state index in [1.807, 2.05) is 0 Å². The predicted octanol–water partition coefficient (Wildman–Crippen LogP) is 3.22. The average Bonchev–Trinajstić information content (AvgIpc) is 2.21. The number of allylic oxidation sites excluding steroid dienone is 2. The number of rotatable bonds is 2. The molecule has 2 aliphatic rings. The molecule has 0 amide bonds. The van der Waals surface area contributed by atoms with Crippen molar-refractivity contribution in [3.8, 4) is 0 Å². The van der Waals surface area contributed by atoms with E-state index in [2.05, 4.69) is 24.3 Å². The molecule has 0 saturated heterocycles. The van der Waals surface area contributed by atoms with E-state index in [-0.39, 0.29) is 0 Å². The first-order valence-corrected chi connectivity index (χ1v) is 5.44. The molecule has 0 heterocycles. The highest BCUT2D eigenvalue weighted by molar-refractivity contribution is 5.11. The van der Waals surface area contributed by atoms with Crippen LogP contribution in [0.3, 0.4) is 0 Å².